The second kappa shape index (κ2) is 7.71. The van der Waals surface area contributed by atoms with Crippen LogP contribution < -0.4 is 15.1 Å². The quantitative estimate of drug-likeness (QED) is 0.464. The molecule has 33 heavy (non-hydrogen) atoms. The van der Waals surface area contributed by atoms with Crippen LogP contribution in [0.15, 0.2) is 30.5 Å². The van der Waals surface area contributed by atoms with Crippen LogP contribution in [-0.2, 0) is 4.79 Å². The number of rotatable bonds is 5. The lowest BCUT2D eigenvalue weighted by molar-refractivity contribution is -0.107. The number of aromatic nitrogens is 1. The predicted molar refractivity (Wildman–Crippen MR) is 123 cm³/mol. The minimum absolute atomic E-state index is 0.0477. The zero-order chi connectivity index (χ0) is 23.4. The van der Waals surface area contributed by atoms with Gasteiger partial charge < -0.3 is 20.2 Å². The first-order valence-corrected chi connectivity index (χ1v) is 10.6. The van der Waals surface area contributed by atoms with Crippen molar-refractivity contribution in [1.82, 2.24) is 10.3 Å². The van der Waals surface area contributed by atoms with E-state index in [-0.39, 0.29) is 39.7 Å². The number of carbonyl (C=O) groups excluding carboxylic acids is 1. The highest BCUT2D eigenvalue weighted by Crippen LogP contribution is 2.49. The van der Waals surface area contributed by atoms with E-state index in [1.165, 1.54) is 37.5 Å². The van der Waals surface area contributed by atoms with Gasteiger partial charge in [0.1, 0.15) is 22.9 Å². The van der Waals surface area contributed by atoms with Gasteiger partial charge in [-0.1, -0.05) is 12.0 Å². The molecular weight excluding hydrogens is 426 g/mol. The normalized spacial score (nSPS) is 20.9. The minimum Gasteiger partial charge on any atom is -0.508 e. The first kappa shape index (κ1) is 21.2. The Morgan fingerprint density at radius 3 is 2.64 bits per heavy atom. The van der Waals surface area contributed by atoms with E-state index < -0.39 is 11.6 Å². The van der Waals surface area contributed by atoms with Crippen LogP contribution in [0.1, 0.15) is 5.56 Å². The van der Waals surface area contributed by atoms with E-state index in [2.05, 4.69) is 16.2 Å². The Bertz CT molecular complexity index is 1330. The molecule has 8 heteroatoms. The molecule has 3 aromatic rings. The average molecular weight is 448 g/mol. The van der Waals surface area contributed by atoms with Gasteiger partial charge >= 0.3 is 0 Å². The third-order valence-corrected chi connectivity index (χ3v) is 6.81. The van der Waals surface area contributed by atoms with Crippen LogP contribution >= 0.6 is 0 Å². The number of hydrogen-bond acceptors (Lipinski definition) is 5. The summed E-state index contributed by atoms with van der Waals surface area (Å²) in [7, 11) is 3.34. The predicted octanol–water partition coefficient (Wildman–Crippen LogP) is 3.11. The molecule has 2 fully saturated rings. The maximum atomic E-state index is 16.1. The molecule has 1 aliphatic carbocycles. The number of hydrogen-bond donors (Lipinski definition) is 2. The topological polar surface area (TPSA) is 68.7 Å². The average Bonchev–Trinajstić information content (AvgIpc) is 3.28. The van der Waals surface area contributed by atoms with E-state index in [1.54, 1.807) is 0 Å². The summed E-state index contributed by atoms with van der Waals surface area (Å²) in [6.45, 7) is 1.81. The van der Waals surface area contributed by atoms with Gasteiger partial charge in [-0.3, -0.25) is 9.78 Å². The molecule has 2 unspecified atom stereocenters. The van der Waals surface area contributed by atoms with Crippen LogP contribution in [-0.4, -0.2) is 49.7 Å². The van der Waals surface area contributed by atoms with Crippen molar-refractivity contribution in [1.29, 1.82) is 0 Å². The number of benzene rings is 2. The number of pyridine rings is 1. The number of phenols is 1. The molecule has 2 aromatic carbocycles. The lowest BCUT2D eigenvalue weighted by atomic mass is 9.95. The van der Waals surface area contributed by atoms with Crippen molar-refractivity contribution in [2.75, 3.05) is 37.0 Å². The third-order valence-electron chi connectivity index (χ3n) is 6.81. The van der Waals surface area contributed by atoms with Crippen LogP contribution in [0, 0.1) is 35.8 Å². The lowest BCUT2D eigenvalue weighted by Gasteiger charge is -2.27. The summed E-state index contributed by atoms with van der Waals surface area (Å²) < 4.78 is 30.5. The molecule has 1 aromatic heterocycles. The summed E-state index contributed by atoms with van der Waals surface area (Å²) in [6.07, 6.45) is 7.60. The molecule has 3 atom stereocenters. The summed E-state index contributed by atoms with van der Waals surface area (Å²) in [5.41, 5.74) is 0.519. The highest BCUT2D eigenvalue weighted by molar-refractivity contribution is 6.02. The number of anilines is 2. The van der Waals surface area contributed by atoms with Gasteiger partial charge in [0.05, 0.1) is 17.4 Å². The van der Waals surface area contributed by atoms with Crippen molar-refractivity contribution in [3.8, 4) is 29.4 Å². The zero-order valence-corrected chi connectivity index (χ0v) is 18.1. The number of nitrogens with zero attached hydrogens (tertiary/aromatic N) is 3. The number of terminal acetylenes is 1. The van der Waals surface area contributed by atoms with Crippen LogP contribution in [0.2, 0.25) is 0 Å². The van der Waals surface area contributed by atoms with Gasteiger partial charge in [0.15, 0.2) is 5.82 Å². The summed E-state index contributed by atoms with van der Waals surface area (Å²) >= 11 is 0. The summed E-state index contributed by atoms with van der Waals surface area (Å²) in [5, 5.41) is 14.3. The maximum Gasteiger partial charge on any atom is 0.214 e. The Labute approximate surface area is 189 Å². The zero-order valence-electron chi connectivity index (χ0n) is 18.1. The van der Waals surface area contributed by atoms with E-state index in [0.29, 0.717) is 29.3 Å². The van der Waals surface area contributed by atoms with Gasteiger partial charge in [0, 0.05) is 44.2 Å². The van der Waals surface area contributed by atoms with Crippen LogP contribution in [0.4, 0.5) is 20.2 Å². The van der Waals surface area contributed by atoms with E-state index >= 15 is 4.39 Å². The largest absolute Gasteiger partial charge is 0.508 e. The van der Waals surface area contributed by atoms with E-state index in [4.69, 9.17) is 6.42 Å². The fourth-order valence-corrected chi connectivity index (χ4v) is 5.18. The molecule has 1 aliphatic heterocycles. The van der Waals surface area contributed by atoms with Crippen LogP contribution in [0.5, 0.6) is 5.75 Å². The molecular formula is C25H22F2N4O2. The van der Waals surface area contributed by atoms with Crippen molar-refractivity contribution < 1.29 is 18.7 Å². The Kier molecular flexibility index (Phi) is 4.94. The molecule has 1 saturated heterocycles. The number of nitrogens with one attached hydrogen (secondary N) is 1. The van der Waals surface area contributed by atoms with Gasteiger partial charge in [0.25, 0.3) is 0 Å². The Morgan fingerprint density at radius 2 is 1.97 bits per heavy atom. The van der Waals surface area contributed by atoms with Gasteiger partial charge in [-0.2, -0.15) is 0 Å². The fourth-order valence-electron chi connectivity index (χ4n) is 5.18. The van der Waals surface area contributed by atoms with E-state index in [1.807, 2.05) is 11.9 Å². The number of amides is 1. The van der Waals surface area contributed by atoms with E-state index in [9.17, 15) is 14.3 Å². The molecule has 0 spiro atoms. The standard InChI is InChI=1S/C25H22F2N4O2/c1-4-15-19(26)6-5-13-7-14(33)8-16(21(13)15)23-22(27)25(30(2)12-32)20(11-29-23)31(3)24-17-9-28-10-18(17)24/h1,5-8,11-12,17-18,24,28,33H,9-10H2,2-3H3/t17-,18?,24?/m0/s1. The molecule has 2 N–H and O–H groups in total. The van der Waals surface area contributed by atoms with Gasteiger partial charge in [0.2, 0.25) is 6.41 Å². The first-order valence-electron chi connectivity index (χ1n) is 10.6. The summed E-state index contributed by atoms with van der Waals surface area (Å²) in [6, 6.07) is 5.64. The number of piperidine rings is 1. The Balaban J connectivity index is 1.72. The SMILES string of the molecule is C#Cc1c(F)ccc2cc(O)cc(-c3ncc(N(C)C4C5CNC[C@@H]54)c(N(C)C=O)c3F)c12. The molecule has 2 aliphatic rings. The van der Waals surface area contributed by atoms with Crippen molar-refractivity contribution in [2.24, 2.45) is 11.8 Å². The Hall–Kier alpha value is -3.70. The highest BCUT2D eigenvalue weighted by atomic mass is 19.1. The molecule has 0 radical (unpaired) electrons. The number of carbonyl (C=O) groups is 1. The monoisotopic (exact) mass is 448 g/mol. The number of fused-ring (bicyclic) bond motifs is 2. The van der Waals surface area contributed by atoms with Crippen molar-refractivity contribution in [3.63, 3.8) is 0 Å². The smallest absolute Gasteiger partial charge is 0.214 e. The van der Waals surface area contributed by atoms with Gasteiger partial charge in [-0.25, -0.2) is 8.78 Å². The fraction of sp³-hybridized carbons (Fsp3) is 0.280. The molecule has 5 rings (SSSR count). The minimum atomic E-state index is -0.753. The van der Waals surface area contributed by atoms with Crippen LogP contribution in [0.3, 0.4) is 0 Å². The molecule has 2 heterocycles. The first-order chi connectivity index (χ1) is 15.9. The molecule has 1 saturated carbocycles. The van der Waals surface area contributed by atoms with Gasteiger partial charge in [-0.15, -0.1) is 6.42 Å². The summed E-state index contributed by atoms with van der Waals surface area (Å²) in [5.74, 6) is 1.75. The van der Waals surface area contributed by atoms with Crippen molar-refractivity contribution in [3.05, 3.63) is 47.7 Å². The second-order valence-electron chi connectivity index (χ2n) is 8.62. The van der Waals surface area contributed by atoms with Crippen LogP contribution in [0.25, 0.3) is 22.0 Å². The molecule has 168 valence electrons. The number of phenolic OH excluding ortho intramolecular Hbond substituents is 1. The van der Waals surface area contributed by atoms with Gasteiger partial charge in [-0.05, 0) is 35.4 Å². The summed E-state index contributed by atoms with van der Waals surface area (Å²) in [4.78, 5) is 19.2. The molecule has 1 amide bonds. The Morgan fingerprint density at radius 1 is 1.24 bits per heavy atom. The van der Waals surface area contributed by atoms with Crippen molar-refractivity contribution >= 4 is 28.6 Å². The number of halogens is 2. The lowest BCUT2D eigenvalue weighted by Crippen LogP contribution is -2.31. The second-order valence-corrected chi connectivity index (χ2v) is 8.62. The third kappa shape index (κ3) is 3.19. The van der Waals surface area contributed by atoms with E-state index in [0.717, 1.165) is 18.0 Å². The molecule has 6 nitrogen and oxygen atoms in total. The maximum absolute atomic E-state index is 16.1. The number of aromatic hydroxyl groups is 1. The van der Waals surface area contributed by atoms with Crippen molar-refractivity contribution in [2.45, 2.75) is 6.04 Å². The highest BCUT2D eigenvalue weighted by Gasteiger charge is 2.55. The molecule has 0 bridgehead atoms.